The number of benzene rings is 2. The van der Waals surface area contributed by atoms with Crippen LogP contribution >= 0.6 is 0 Å². The highest BCUT2D eigenvalue weighted by Crippen LogP contribution is 2.28. The van der Waals surface area contributed by atoms with Crippen LogP contribution in [0.1, 0.15) is 33.2 Å². The molecule has 2 aromatic carbocycles. The van der Waals surface area contributed by atoms with Crippen molar-refractivity contribution in [2.24, 2.45) is 0 Å². The topological polar surface area (TPSA) is 60.9 Å². The number of amides is 3. The standard InChI is InChI=1S/C22H23N3O3/c1-2-23-11-13-24(14-12-23)20(26)15-16-7-9-17(10-8-16)25-21(27)18-5-3-4-6-19(18)22(25)28/h3-10H,2,11-15H2,1H3. The molecule has 6 heteroatoms. The summed E-state index contributed by atoms with van der Waals surface area (Å²) in [5, 5.41) is 0. The lowest BCUT2D eigenvalue weighted by atomic mass is 10.1. The fourth-order valence-electron chi connectivity index (χ4n) is 3.79. The molecule has 0 spiro atoms. The Morgan fingerprint density at radius 1 is 0.857 bits per heavy atom. The van der Waals surface area contributed by atoms with E-state index in [1.807, 2.05) is 17.0 Å². The number of anilines is 1. The monoisotopic (exact) mass is 377 g/mol. The number of hydrogen-bond donors (Lipinski definition) is 0. The van der Waals surface area contributed by atoms with Gasteiger partial charge in [0.25, 0.3) is 11.8 Å². The van der Waals surface area contributed by atoms with Crippen LogP contribution < -0.4 is 4.90 Å². The van der Waals surface area contributed by atoms with E-state index in [1.165, 1.54) is 4.90 Å². The molecule has 0 aliphatic carbocycles. The van der Waals surface area contributed by atoms with Gasteiger partial charge in [-0.05, 0) is 36.4 Å². The molecule has 2 aliphatic heterocycles. The number of hydrogen-bond acceptors (Lipinski definition) is 4. The number of imide groups is 1. The molecule has 0 atom stereocenters. The SMILES string of the molecule is CCN1CCN(C(=O)Cc2ccc(N3C(=O)c4ccccc4C3=O)cc2)CC1. The molecule has 2 heterocycles. The molecule has 3 amide bonds. The average Bonchev–Trinajstić information content (AvgIpc) is 2.99. The van der Waals surface area contributed by atoms with Crippen molar-refractivity contribution in [1.29, 1.82) is 0 Å². The molecule has 28 heavy (non-hydrogen) atoms. The minimum absolute atomic E-state index is 0.115. The van der Waals surface area contributed by atoms with Gasteiger partial charge in [-0.2, -0.15) is 0 Å². The number of likely N-dealkylation sites (N-methyl/N-ethyl adjacent to an activating group) is 1. The summed E-state index contributed by atoms with van der Waals surface area (Å²) in [7, 11) is 0. The van der Waals surface area contributed by atoms with Gasteiger partial charge in [-0.25, -0.2) is 4.90 Å². The summed E-state index contributed by atoms with van der Waals surface area (Å²) in [5.74, 6) is -0.499. The van der Waals surface area contributed by atoms with Crippen LogP contribution in [0.3, 0.4) is 0 Å². The third kappa shape index (κ3) is 3.31. The molecule has 0 saturated carbocycles. The maximum atomic E-state index is 12.6. The van der Waals surface area contributed by atoms with Gasteiger partial charge in [0.2, 0.25) is 5.91 Å². The fourth-order valence-corrected chi connectivity index (χ4v) is 3.79. The first-order valence-electron chi connectivity index (χ1n) is 9.65. The molecule has 0 aromatic heterocycles. The summed E-state index contributed by atoms with van der Waals surface area (Å²) in [6.45, 7) is 6.51. The number of carbonyl (C=O) groups is 3. The number of rotatable bonds is 4. The quantitative estimate of drug-likeness (QED) is 0.767. The summed E-state index contributed by atoms with van der Waals surface area (Å²) >= 11 is 0. The second-order valence-corrected chi connectivity index (χ2v) is 7.15. The zero-order chi connectivity index (χ0) is 19.7. The third-order valence-corrected chi connectivity index (χ3v) is 5.52. The lowest BCUT2D eigenvalue weighted by molar-refractivity contribution is -0.132. The zero-order valence-corrected chi connectivity index (χ0v) is 15.9. The normalized spacial score (nSPS) is 17.2. The van der Waals surface area contributed by atoms with E-state index in [1.54, 1.807) is 36.4 Å². The van der Waals surface area contributed by atoms with Gasteiger partial charge in [0, 0.05) is 26.2 Å². The molecular weight excluding hydrogens is 354 g/mol. The third-order valence-electron chi connectivity index (χ3n) is 5.52. The summed E-state index contributed by atoms with van der Waals surface area (Å²) in [6.07, 6.45) is 0.328. The summed E-state index contributed by atoms with van der Waals surface area (Å²) < 4.78 is 0. The van der Waals surface area contributed by atoms with Crippen molar-refractivity contribution in [1.82, 2.24) is 9.80 Å². The Morgan fingerprint density at radius 2 is 1.43 bits per heavy atom. The summed E-state index contributed by atoms with van der Waals surface area (Å²) in [5.41, 5.74) is 2.26. The number of fused-ring (bicyclic) bond motifs is 1. The van der Waals surface area contributed by atoms with Gasteiger partial charge in [0.05, 0.1) is 23.2 Å². The molecule has 1 saturated heterocycles. The van der Waals surface area contributed by atoms with Gasteiger partial charge in [-0.15, -0.1) is 0 Å². The van der Waals surface area contributed by atoms with E-state index in [2.05, 4.69) is 11.8 Å². The smallest absolute Gasteiger partial charge is 0.266 e. The van der Waals surface area contributed by atoms with Crippen molar-refractivity contribution in [2.45, 2.75) is 13.3 Å². The lowest BCUT2D eigenvalue weighted by Crippen LogP contribution is -2.48. The minimum Gasteiger partial charge on any atom is -0.340 e. The van der Waals surface area contributed by atoms with Gasteiger partial charge < -0.3 is 9.80 Å². The van der Waals surface area contributed by atoms with Gasteiger partial charge in [0.1, 0.15) is 0 Å². The predicted octanol–water partition coefficient (Wildman–Crippen LogP) is 2.19. The zero-order valence-electron chi connectivity index (χ0n) is 15.9. The second kappa shape index (κ2) is 7.56. The highest BCUT2D eigenvalue weighted by molar-refractivity contribution is 6.34. The van der Waals surface area contributed by atoms with Gasteiger partial charge in [-0.1, -0.05) is 31.2 Å². The predicted molar refractivity (Wildman–Crippen MR) is 106 cm³/mol. The first kappa shape index (κ1) is 18.4. The summed E-state index contributed by atoms with van der Waals surface area (Å²) in [4.78, 5) is 43.1. The van der Waals surface area contributed by atoms with E-state index < -0.39 is 0 Å². The molecule has 2 aliphatic rings. The van der Waals surface area contributed by atoms with E-state index >= 15 is 0 Å². The molecule has 6 nitrogen and oxygen atoms in total. The maximum Gasteiger partial charge on any atom is 0.266 e. The van der Waals surface area contributed by atoms with E-state index in [0.29, 0.717) is 23.2 Å². The average molecular weight is 377 g/mol. The van der Waals surface area contributed by atoms with Crippen molar-refractivity contribution in [3.63, 3.8) is 0 Å². The molecule has 4 rings (SSSR count). The number of carbonyl (C=O) groups excluding carboxylic acids is 3. The molecule has 0 unspecified atom stereocenters. The first-order chi connectivity index (χ1) is 13.6. The Hall–Kier alpha value is -2.99. The molecule has 0 N–H and O–H groups in total. The Labute approximate surface area is 164 Å². The van der Waals surface area contributed by atoms with Crippen LogP contribution in [0.5, 0.6) is 0 Å². The highest BCUT2D eigenvalue weighted by atomic mass is 16.2. The maximum absolute atomic E-state index is 12.6. The van der Waals surface area contributed by atoms with E-state index in [9.17, 15) is 14.4 Å². The molecule has 2 aromatic rings. The second-order valence-electron chi connectivity index (χ2n) is 7.15. The minimum atomic E-state index is -0.307. The van der Waals surface area contributed by atoms with E-state index in [4.69, 9.17) is 0 Å². The highest BCUT2D eigenvalue weighted by Gasteiger charge is 2.36. The van der Waals surface area contributed by atoms with Gasteiger partial charge >= 0.3 is 0 Å². The molecule has 1 fully saturated rings. The largest absolute Gasteiger partial charge is 0.340 e. The van der Waals surface area contributed by atoms with Crippen molar-refractivity contribution in [3.05, 3.63) is 65.2 Å². The van der Waals surface area contributed by atoms with Crippen LogP contribution in [0, 0.1) is 0 Å². The molecule has 0 radical (unpaired) electrons. The Bertz CT molecular complexity index is 880. The Kier molecular flexibility index (Phi) is 4.96. The van der Waals surface area contributed by atoms with Crippen molar-refractivity contribution >= 4 is 23.4 Å². The molecule has 144 valence electrons. The van der Waals surface area contributed by atoms with Crippen LogP contribution in [0.15, 0.2) is 48.5 Å². The van der Waals surface area contributed by atoms with Crippen LogP contribution in [0.4, 0.5) is 5.69 Å². The van der Waals surface area contributed by atoms with Crippen LogP contribution in [0.2, 0.25) is 0 Å². The van der Waals surface area contributed by atoms with Gasteiger partial charge in [0.15, 0.2) is 0 Å². The van der Waals surface area contributed by atoms with Crippen LogP contribution in [-0.2, 0) is 11.2 Å². The lowest BCUT2D eigenvalue weighted by Gasteiger charge is -2.34. The van der Waals surface area contributed by atoms with E-state index in [-0.39, 0.29) is 17.7 Å². The van der Waals surface area contributed by atoms with Crippen molar-refractivity contribution in [2.75, 3.05) is 37.6 Å². The van der Waals surface area contributed by atoms with Crippen LogP contribution in [-0.4, -0.2) is 60.2 Å². The summed E-state index contributed by atoms with van der Waals surface area (Å²) in [6, 6.07) is 13.9. The molecular formula is C22H23N3O3. The Morgan fingerprint density at radius 3 is 1.96 bits per heavy atom. The fraction of sp³-hybridized carbons (Fsp3) is 0.318. The van der Waals surface area contributed by atoms with Crippen LogP contribution in [0.25, 0.3) is 0 Å². The number of piperazine rings is 1. The van der Waals surface area contributed by atoms with Gasteiger partial charge in [-0.3, -0.25) is 14.4 Å². The number of nitrogens with zero attached hydrogens (tertiary/aromatic N) is 3. The Balaban J connectivity index is 1.43. The van der Waals surface area contributed by atoms with E-state index in [0.717, 1.165) is 38.3 Å². The molecule has 0 bridgehead atoms. The van der Waals surface area contributed by atoms with Crippen molar-refractivity contribution < 1.29 is 14.4 Å². The van der Waals surface area contributed by atoms with Crippen molar-refractivity contribution in [3.8, 4) is 0 Å². The first-order valence-corrected chi connectivity index (χ1v) is 9.65.